The van der Waals surface area contributed by atoms with Crippen molar-refractivity contribution in [1.29, 1.82) is 0 Å². The quantitative estimate of drug-likeness (QED) is 0.764. The van der Waals surface area contributed by atoms with Crippen molar-refractivity contribution < 1.29 is 19.2 Å². The summed E-state index contributed by atoms with van der Waals surface area (Å²) < 4.78 is 4.81. The summed E-state index contributed by atoms with van der Waals surface area (Å²) in [6.45, 7) is 6.64. The minimum absolute atomic E-state index is 0.00729. The Kier molecular flexibility index (Phi) is 6.72. The highest BCUT2D eigenvalue weighted by atomic mass is 16.5. The van der Waals surface area contributed by atoms with E-state index in [4.69, 9.17) is 4.74 Å². The third-order valence-electron chi connectivity index (χ3n) is 5.94. The molecule has 0 aromatic heterocycles. The summed E-state index contributed by atoms with van der Waals surface area (Å²) in [6, 6.07) is 8.18. The van der Waals surface area contributed by atoms with Gasteiger partial charge in [0.25, 0.3) is 5.91 Å². The summed E-state index contributed by atoms with van der Waals surface area (Å²) in [6.07, 6.45) is 4.07. The first-order valence-electron chi connectivity index (χ1n) is 10.1. The molecule has 0 spiro atoms. The van der Waals surface area contributed by atoms with Crippen LogP contribution in [0.1, 0.15) is 32.6 Å². The molecule has 3 rings (SSSR count). The van der Waals surface area contributed by atoms with Crippen molar-refractivity contribution in [2.24, 2.45) is 11.8 Å². The van der Waals surface area contributed by atoms with Gasteiger partial charge in [-0.05, 0) is 43.0 Å². The van der Waals surface area contributed by atoms with Gasteiger partial charge in [-0.2, -0.15) is 0 Å². The van der Waals surface area contributed by atoms with Gasteiger partial charge in [-0.25, -0.2) is 0 Å². The third kappa shape index (κ3) is 5.45. The van der Waals surface area contributed by atoms with Crippen molar-refractivity contribution in [3.8, 4) is 0 Å². The van der Waals surface area contributed by atoms with Crippen LogP contribution >= 0.6 is 0 Å². The minimum atomic E-state index is -0.123. The largest absolute Gasteiger partial charge is 0.469 e. The number of likely N-dealkylation sites (tertiary alicyclic amines) is 1. The van der Waals surface area contributed by atoms with Gasteiger partial charge < -0.3 is 19.9 Å². The maximum Gasteiger partial charge on any atom is 0.309 e. The van der Waals surface area contributed by atoms with E-state index in [2.05, 4.69) is 29.3 Å². The molecule has 0 radical (unpaired) electrons. The highest BCUT2D eigenvalue weighted by Crippen LogP contribution is 2.24. The van der Waals surface area contributed by atoms with Crippen LogP contribution in [0.4, 0.5) is 11.4 Å². The predicted octanol–water partition coefficient (Wildman–Crippen LogP) is 1.33. The van der Waals surface area contributed by atoms with Crippen LogP contribution in [0.5, 0.6) is 0 Å². The minimum Gasteiger partial charge on any atom is -0.469 e. The fraction of sp³-hybridized carbons (Fsp3) is 0.619. The maximum atomic E-state index is 12.3. The molecule has 1 aromatic carbocycles. The molecular formula is C21H32N3O3+. The Morgan fingerprint density at radius 2 is 1.74 bits per heavy atom. The molecule has 0 bridgehead atoms. The van der Waals surface area contributed by atoms with Crippen LogP contribution in [-0.4, -0.2) is 51.7 Å². The van der Waals surface area contributed by atoms with Gasteiger partial charge >= 0.3 is 5.97 Å². The molecular weight excluding hydrogens is 342 g/mol. The predicted molar refractivity (Wildman–Crippen MR) is 106 cm³/mol. The molecule has 2 fully saturated rings. The second-order valence-corrected chi connectivity index (χ2v) is 7.99. The van der Waals surface area contributed by atoms with E-state index in [-0.39, 0.29) is 17.8 Å². The highest BCUT2D eigenvalue weighted by molar-refractivity contribution is 5.91. The smallest absolute Gasteiger partial charge is 0.309 e. The number of methoxy groups -OCH3 is 1. The first-order chi connectivity index (χ1) is 13.0. The Labute approximate surface area is 161 Å². The molecule has 2 N–H and O–H groups in total. The van der Waals surface area contributed by atoms with Crippen molar-refractivity contribution in [1.82, 2.24) is 0 Å². The molecule has 1 amide bonds. The van der Waals surface area contributed by atoms with E-state index in [1.807, 2.05) is 12.1 Å². The van der Waals surface area contributed by atoms with Crippen molar-refractivity contribution in [2.75, 3.05) is 50.1 Å². The first-order valence-corrected chi connectivity index (χ1v) is 10.1. The maximum absolute atomic E-state index is 12.3. The van der Waals surface area contributed by atoms with Crippen molar-refractivity contribution in [2.45, 2.75) is 32.6 Å². The van der Waals surface area contributed by atoms with Crippen LogP contribution < -0.4 is 15.1 Å². The van der Waals surface area contributed by atoms with Crippen molar-refractivity contribution in [3.05, 3.63) is 24.3 Å². The normalized spacial score (nSPS) is 23.7. The monoisotopic (exact) mass is 374 g/mol. The van der Waals surface area contributed by atoms with Gasteiger partial charge in [0.2, 0.25) is 0 Å². The topological polar surface area (TPSA) is 63.1 Å². The summed E-state index contributed by atoms with van der Waals surface area (Å²) in [7, 11) is 1.44. The Bertz CT molecular complexity index is 631. The molecule has 2 aliphatic rings. The summed E-state index contributed by atoms with van der Waals surface area (Å²) >= 11 is 0. The number of amides is 1. The number of piperidine rings is 2. The third-order valence-corrected chi connectivity index (χ3v) is 5.94. The van der Waals surface area contributed by atoms with Gasteiger partial charge in [-0.3, -0.25) is 9.59 Å². The van der Waals surface area contributed by atoms with E-state index in [1.54, 1.807) is 0 Å². The second-order valence-electron chi connectivity index (χ2n) is 7.99. The molecule has 6 nitrogen and oxygen atoms in total. The van der Waals surface area contributed by atoms with Crippen molar-refractivity contribution >= 4 is 23.3 Å². The zero-order chi connectivity index (χ0) is 19.2. The lowest BCUT2D eigenvalue weighted by molar-refractivity contribution is -0.897. The summed E-state index contributed by atoms with van der Waals surface area (Å²) in [5.74, 6) is 0.718. The average molecular weight is 375 g/mol. The summed E-state index contributed by atoms with van der Waals surface area (Å²) in [4.78, 5) is 27.6. The lowest BCUT2D eigenvalue weighted by Gasteiger charge is -2.32. The lowest BCUT2D eigenvalue weighted by atomic mass is 9.97. The summed E-state index contributed by atoms with van der Waals surface area (Å²) in [5, 5.41) is 3.00. The van der Waals surface area contributed by atoms with Gasteiger partial charge in [0.15, 0.2) is 6.54 Å². The van der Waals surface area contributed by atoms with Crippen LogP contribution in [0.15, 0.2) is 24.3 Å². The van der Waals surface area contributed by atoms with Crippen LogP contribution in [0.3, 0.4) is 0 Å². The first kappa shape index (κ1) is 19.7. The number of nitrogens with one attached hydrogen (secondary N) is 2. The van der Waals surface area contributed by atoms with Crippen LogP contribution in [0.2, 0.25) is 0 Å². The van der Waals surface area contributed by atoms with Crippen LogP contribution in [0, 0.1) is 11.8 Å². The molecule has 2 heterocycles. The number of quaternary nitrogens is 1. The molecule has 148 valence electrons. The lowest BCUT2D eigenvalue weighted by Crippen LogP contribution is -3.14. The number of rotatable bonds is 5. The molecule has 0 atom stereocenters. The molecule has 0 unspecified atom stereocenters. The van der Waals surface area contributed by atoms with Gasteiger partial charge in [0.1, 0.15) is 0 Å². The fourth-order valence-corrected chi connectivity index (χ4v) is 4.06. The van der Waals surface area contributed by atoms with Crippen molar-refractivity contribution in [3.63, 3.8) is 0 Å². The van der Waals surface area contributed by atoms with E-state index in [0.29, 0.717) is 6.54 Å². The Hall–Kier alpha value is -2.08. The van der Waals surface area contributed by atoms with E-state index < -0.39 is 0 Å². The number of benzene rings is 1. The molecule has 0 saturated carbocycles. The highest BCUT2D eigenvalue weighted by Gasteiger charge is 2.29. The molecule has 2 aliphatic heterocycles. The van der Waals surface area contributed by atoms with E-state index in [0.717, 1.165) is 50.6 Å². The number of hydrogen-bond acceptors (Lipinski definition) is 4. The average Bonchev–Trinajstić information content (AvgIpc) is 2.69. The van der Waals surface area contributed by atoms with Gasteiger partial charge in [-0.1, -0.05) is 6.92 Å². The zero-order valence-corrected chi connectivity index (χ0v) is 16.5. The van der Waals surface area contributed by atoms with Crippen LogP contribution in [0.25, 0.3) is 0 Å². The number of nitrogens with zero attached hydrogens (tertiary/aromatic N) is 1. The Balaban J connectivity index is 1.44. The van der Waals surface area contributed by atoms with Gasteiger partial charge in [0.05, 0.1) is 26.1 Å². The van der Waals surface area contributed by atoms with E-state index in [9.17, 15) is 9.59 Å². The van der Waals surface area contributed by atoms with E-state index >= 15 is 0 Å². The number of carbonyl (C=O) groups excluding carboxylic acids is 2. The fourth-order valence-electron chi connectivity index (χ4n) is 4.06. The van der Waals surface area contributed by atoms with E-state index in [1.165, 1.54) is 30.5 Å². The summed E-state index contributed by atoms with van der Waals surface area (Å²) in [5.41, 5.74) is 2.08. The Morgan fingerprint density at radius 3 is 2.33 bits per heavy atom. The number of ether oxygens (including phenoxy) is 1. The van der Waals surface area contributed by atoms with Gasteiger partial charge in [-0.15, -0.1) is 0 Å². The molecule has 2 saturated heterocycles. The SMILES string of the molecule is COC(=O)C1CC[NH+](CC(=O)Nc2ccc(N3CCC(C)CC3)cc2)CC1. The zero-order valence-electron chi connectivity index (χ0n) is 16.5. The molecule has 0 aliphatic carbocycles. The molecule has 27 heavy (non-hydrogen) atoms. The molecule has 6 heteroatoms. The van der Waals surface area contributed by atoms with Crippen LogP contribution in [-0.2, 0) is 14.3 Å². The number of esters is 1. The number of anilines is 2. The molecule has 1 aromatic rings. The number of carbonyl (C=O) groups is 2. The second kappa shape index (κ2) is 9.22. The van der Waals surface area contributed by atoms with Gasteiger partial charge in [0, 0.05) is 37.3 Å². The number of hydrogen-bond donors (Lipinski definition) is 2. The standard InChI is InChI=1S/C21H31N3O3/c1-16-7-13-24(14-8-16)19-5-3-18(4-6-19)22-20(25)15-23-11-9-17(10-12-23)21(26)27-2/h3-6,16-17H,7-15H2,1-2H3,(H,22,25)/p+1. The Morgan fingerprint density at radius 1 is 1.11 bits per heavy atom.